The molecule has 0 saturated heterocycles. The number of aromatic amines is 1. The standard InChI is InChI=1S/C8H11N5/c9-13-5-10-6-1-2-7-8(3-6)12-4-11-7/h1-4,10,13H,5,9H2,(H,11,12). The summed E-state index contributed by atoms with van der Waals surface area (Å²) in [6.07, 6.45) is 1.68. The molecule has 5 N–H and O–H groups in total. The lowest BCUT2D eigenvalue weighted by molar-refractivity contribution is 0.790. The monoisotopic (exact) mass is 177 g/mol. The molecule has 0 radical (unpaired) electrons. The highest BCUT2D eigenvalue weighted by atomic mass is 15.3. The molecule has 1 heterocycles. The first-order chi connectivity index (χ1) is 6.40. The summed E-state index contributed by atoms with van der Waals surface area (Å²) in [4.78, 5) is 7.15. The van der Waals surface area contributed by atoms with Crippen LogP contribution < -0.4 is 16.6 Å². The van der Waals surface area contributed by atoms with E-state index in [1.807, 2.05) is 18.2 Å². The van der Waals surface area contributed by atoms with Gasteiger partial charge in [-0.2, -0.15) is 0 Å². The van der Waals surface area contributed by atoms with Gasteiger partial charge in [-0.15, -0.1) is 0 Å². The first-order valence-corrected chi connectivity index (χ1v) is 4.00. The van der Waals surface area contributed by atoms with Crippen molar-refractivity contribution in [1.29, 1.82) is 0 Å². The number of hydrogen-bond donors (Lipinski definition) is 4. The third kappa shape index (κ3) is 1.61. The van der Waals surface area contributed by atoms with Gasteiger partial charge in [0.05, 0.1) is 24.0 Å². The smallest absolute Gasteiger partial charge is 0.0931 e. The Morgan fingerprint density at radius 2 is 2.38 bits per heavy atom. The van der Waals surface area contributed by atoms with Gasteiger partial charge in [-0.25, -0.2) is 10.4 Å². The fourth-order valence-electron chi connectivity index (χ4n) is 1.20. The van der Waals surface area contributed by atoms with Crippen molar-refractivity contribution in [1.82, 2.24) is 15.4 Å². The van der Waals surface area contributed by atoms with Gasteiger partial charge < -0.3 is 10.3 Å². The maximum absolute atomic E-state index is 5.14. The summed E-state index contributed by atoms with van der Waals surface area (Å²) >= 11 is 0. The van der Waals surface area contributed by atoms with Crippen molar-refractivity contribution in [2.24, 2.45) is 5.84 Å². The van der Waals surface area contributed by atoms with Crippen LogP contribution in [0, 0.1) is 0 Å². The number of imidazole rings is 1. The number of aromatic nitrogens is 2. The molecule has 2 rings (SSSR count). The molecule has 0 aliphatic rings. The number of benzene rings is 1. The topological polar surface area (TPSA) is 78.8 Å². The van der Waals surface area contributed by atoms with Gasteiger partial charge in [0, 0.05) is 5.69 Å². The minimum atomic E-state index is 0.541. The van der Waals surface area contributed by atoms with Gasteiger partial charge in [0.15, 0.2) is 0 Å². The fraction of sp³-hybridized carbons (Fsp3) is 0.125. The molecule has 5 nitrogen and oxygen atoms in total. The molecule has 0 saturated carbocycles. The predicted molar refractivity (Wildman–Crippen MR) is 51.9 cm³/mol. The van der Waals surface area contributed by atoms with E-state index in [0.717, 1.165) is 16.7 Å². The Bertz CT molecular complexity index is 394. The SMILES string of the molecule is NNCNc1ccc2nc[nH]c2c1. The number of hydrogen-bond acceptors (Lipinski definition) is 4. The van der Waals surface area contributed by atoms with Crippen LogP contribution in [-0.4, -0.2) is 16.6 Å². The molecule has 0 unspecified atom stereocenters. The Kier molecular flexibility index (Phi) is 2.11. The van der Waals surface area contributed by atoms with Crippen molar-refractivity contribution in [3.8, 4) is 0 Å². The Hall–Kier alpha value is -1.59. The van der Waals surface area contributed by atoms with E-state index in [4.69, 9.17) is 5.84 Å². The molecule has 0 amide bonds. The molecule has 0 bridgehead atoms. The zero-order valence-electron chi connectivity index (χ0n) is 7.04. The number of hydrazine groups is 1. The summed E-state index contributed by atoms with van der Waals surface area (Å²) < 4.78 is 0. The Balaban J connectivity index is 2.26. The van der Waals surface area contributed by atoms with Crippen LogP contribution in [0.2, 0.25) is 0 Å². The van der Waals surface area contributed by atoms with E-state index in [9.17, 15) is 0 Å². The zero-order chi connectivity index (χ0) is 9.10. The fourth-order valence-corrected chi connectivity index (χ4v) is 1.20. The molecule has 1 aromatic heterocycles. The maximum Gasteiger partial charge on any atom is 0.0931 e. The van der Waals surface area contributed by atoms with E-state index < -0.39 is 0 Å². The molecular formula is C8H11N5. The Morgan fingerprint density at radius 1 is 1.46 bits per heavy atom. The van der Waals surface area contributed by atoms with Gasteiger partial charge in [-0.3, -0.25) is 5.84 Å². The molecule has 1 aromatic carbocycles. The summed E-state index contributed by atoms with van der Waals surface area (Å²) in [6, 6.07) is 5.89. The van der Waals surface area contributed by atoms with Crippen LogP contribution >= 0.6 is 0 Å². The van der Waals surface area contributed by atoms with Crippen molar-refractivity contribution < 1.29 is 0 Å². The minimum Gasteiger partial charge on any atom is -0.371 e. The van der Waals surface area contributed by atoms with Gasteiger partial charge in [0.2, 0.25) is 0 Å². The lowest BCUT2D eigenvalue weighted by atomic mass is 10.3. The molecule has 0 atom stereocenters. The molecular weight excluding hydrogens is 166 g/mol. The molecule has 68 valence electrons. The van der Waals surface area contributed by atoms with Gasteiger partial charge >= 0.3 is 0 Å². The van der Waals surface area contributed by atoms with E-state index in [-0.39, 0.29) is 0 Å². The zero-order valence-corrected chi connectivity index (χ0v) is 7.04. The minimum absolute atomic E-state index is 0.541. The van der Waals surface area contributed by atoms with Gasteiger partial charge in [-0.05, 0) is 18.2 Å². The number of fused-ring (bicyclic) bond motifs is 1. The van der Waals surface area contributed by atoms with E-state index in [0.29, 0.717) is 6.67 Å². The molecule has 0 fully saturated rings. The van der Waals surface area contributed by atoms with Crippen LogP contribution in [-0.2, 0) is 0 Å². The molecule has 0 aliphatic carbocycles. The lowest BCUT2D eigenvalue weighted by Crippen LogP contribution is -2.28. The van der Waals surface area contributed by atoms with Crippen molar-refractivity contribution in [2.45, 2.75) is 0 Å². The van der Waals surface area contributed by atoms with Gasteiger partial charge in [0.1, 0.15) is 0 Å². The van der Waals surface area contributed by atoms with Crippen LogP contribution in [0.15, 0.2) is 24.5 Å². The molecule has 2 aromatic rings. The first-order valence-electron chi connectivity index (χ1n) is 4.00. The number of rotatable bonds is 3. The van der Waals surface area contributed by atoms with Crippen LogP contribution in [0.4, 0.5) is 5.69 Å². The number of H-pyrrole nitrogens is 1. The van der Waals surface area contributed by atoms with Crippen molar-refractivity contribution >= 4 is 16.7 Å². The average molecular weight is 177 g/mol. The Labute approximate surface area is 75.3 Å². The summed E-state index contributed by atoms with van der Waals surface area (Å²) in [5.41, 5.74) is 5.51. The van der Waals surface area contributed by atoms with E-state index in [1.54, 1.807) is 6.33 Å². The average Bonchev–Trinajstić information content (AvgIpc) is 2.61. The highest BCUT2D eigenvalue weighted by Crippen LogP contribution is 2.14. The van der Waals surface area contributed by atoms with Crippen LogP contribution in [0.1, 0.15) is 0 Å². The van der Waals surface area contributed by atoms with Crippen LogP contribution in [0.5, 0.6) is 0 Å². The molecule has 5 heteroatoms. The number of anilines is 1. The van der Waals surface area contributed by atoms with Crippen molar-refractivity contribution in [3.05, 3.63) is 24.5 Å². The summed E-state index contributed by atoms with van der Waals surface area (Å²) in [7, 11) is 0. The van der Waals surface area contributed by atoms with Gasteiger partial charge in [-0.1, -0.05) is 0 Å². The van der Waals surface area contributed by atoms with E-state index in [2.05, 4.69) is 20.7 Å². The number of nitrogens with two attached hydrogens (primary N) is 1. The second-order valence-electron chi connectivity index (χ2n) is 2.69. The largest absolute Gasteiger partial charge is 0.371 e. The first kappa shape index (κ1) is 8.03. The lowest BCUT2D eigenvalue weighted by Gasteiger charge is -2.03. The normalized spacial score (nSPS) is 10.5. The quantitative estimate of drug-likeness (QED) is 0.311. The summed E-state index contributed by atoms with van der Waals surface area (Å²) in [5.74, 6) is 5.14. The Morgan fingerprint density at radius 3 is 3.23 bits per heavy atom. The molecule has 13 heavy (non-hydrogen) atoms. The van der Waals surface area contributed by atoms with Crippen molar-refractivity contribution in [3.63, 3.8) is 0 Å². The summed E-state index contributed by atoms with van der Waals surface area (Å²) in [6.45, 7) is 0.541. The van der Waals surface area contributed by atoms with E-state index in [1.165, 1.54) is 0 Å². The highest BCUT2D eigenvalue weighted by Gasteiger charge is 1.96. The van der Waals surface area contributed by atoms with Gasteiger partial charge in [0.25, 0.3) is 0 Å². The predicted octanol–water partition coefficient (Wildman–Crippen LogP) is 0.396. The van der Waals surface area contributed by atoms with Crippen LogP contribution in [0.3, 0.4) is 0 Å². The third-order valence-electron chi connectivity index (χ3n) is 1.81. The van der Waals surface area contributed by atoms with Crippen LogP contribution in [0.25, 0.3) is 11.0 Å². The molecule has 0 spiro atoms. The highest BCUT2D eigenvalue weighted by molar-refractivity contribution is 5.78. The van der Waals surface area contributed by atoms with E-state index >= 15 is 0 Å². The molecule has 0 aliphatic heterocycles. The maximum atomic E-state index is 5.14. The number of nitrogens with zero attached hydrogens (tertiary/aromatic N) is 1. The second kappa shape index (κ2) is 3.42. The second-order valence-corrected chi connectivity index (χ2v) is 2.69. The van der Waals surface area contributed by atoms with Crippen molar-refractivity contribution in [2.75, 3.05) is 12.0 Å². The summed E-state index contributed by atoms with van der Waals surface area (Å²) in [5, 5.41) is 3.09. The third-order valence-corrected chi connectivity index (χ3v) is 1.81. The number of nitrogens with one attached hydrogen (secondary N) is 3.